The molecule has 0 atom stereocenters. The summed E-state index contributed by atoms with van der Waals surface area (Å²) in [5, 5.41) is 1.73. The largest absolute Gasteiger partial charge is 0.376 e. The van der Waals surface area contributed by atoms with E-state index in [1.807, 2.05) is 37.2 Å². The van der Waals surface area contributed by atoms with E-state index >= 15 is 0 Å². The molecule has 0 N–H and O–H groups in total. The number of benzene rings is 1. The molecule has 0 saturated carbocycles. The first kappa shape index (κ1) is 16.7. The van der Waals surface area contributed by atoms with Crippen LogP contribution < -0.4 is 4.90 Å². The molecule has 4 nitrogen and oxygen atoms in total. The number of Topliss-reactive ketones (excluding diaryl/α,β-unsaturated/α-hetero) is 1. The average molecular weight is 360 g/mol. The third-order valence-corrected chi connectivity index (χ3v) is 4.61. The predicted octanol–water partition coefficient (Wildman–Crippen LogP) is 4.87. The third-order valence-electron chi connectivity index (χ3n) is 3.79. The Morgan fingerprint density at radius 3 is 2.54 bits per heavy atom. The maximum absolute atomic E-state index is 11.9. The summed E-state index contributed by atoms with van der Waals surface area (Å²) >= 11 is 12.5. The van der Waals surface area contributed by atoms with E-state index in [2.05, 4.69) is 9.97 Å². The number of ketones is 1. The van der Waals surface area contributed by atoms with Gasteiger partial charge in [-0.15, -0.1) is 0 Å². The van der Waals surface area contributed by atoms with E-state index < -0.39 is 0 Å². The fourth-order valence-electron chi connectivity index (χ4n) is 2.73. The van der Waals surface area contributed by atoms with Crippen LogP contribution >= 0.6 is 23.2 Å². The molecule has 1 aromatic carbocycles. The molecule has 0 aliphatic carbocycles. The lowest BCUT2D eigenvalue weighted by Gasteiger charge is -2.19. The number of pyridine rings is 2. The molecule has 24 heavy (non-hydrogen) atoms. The molecule has 0 aliphatic heterocycles. The Morgan fingerprint density at radius 2 is 1.88 bits per heavy atom. The van der Waals surface area contributed by atoms with Gasteiger partial charge in [0.05, 0.1) is 32.5 Å². The highest BCUT2D eigenvalue weighted by molar-refractivity contribution is 6.43. The summed E-state index contributed by atoms with van der Waals surface area (Å²) in [5.41, 5.74) is 3.41. The molecule has 0 aliphatic rings. The summed E-state index contributed by atoms with van der Waals surface area (Å²) in [7, 11) is 3.79. The molecule has 0 bridgehead atoms. The molecule has 0 radical (unpaired) electrons. The fourth-order valence-corrected chi connectivity index (χ4v) is 3.12. The number of carbonyl (C=O) groups excluding carboxylic acids is 1. The molecule has 0 saturated heterocycles. The molecule has 2 heterocycles. The Hall–Kier alpha value is -2.17. The molecular formula is C18H15Cl2N3O. The van der Waals surface area contributed by atoms with Crippen molar-refractivity contribution in [2.75, 3.05) is 19.0 Å². The zero-order valence-electron chi connectivity index (χ0n) is 13.5. The topological polar surface area (TPSA) is 46.1 Å². The normalized spacial score (nSPS) is 10.9. The monoisotopic (exact) mass is 359 g/mol. The SMILES string of the molecule is CC(=O)c1cnc2c(-c3cccc(Cl)c3Cl)nccc2c1N(C)C. The van der Waals surface area contributed by atoms with Gasteiger partial charge < -0.3 is 4.90 Å². The van der Waals surface area contributed by atoms with E-state index in [9.17, 15) is 4.79 Å². The number of halogens is 2. The minimum atomic E-state index is -0.0350. The van der Waals surface area contributed by atoms with Gasteiger partial charge in [-0.3, -0.25) is 14.8 Å². The van der Waals surface area contributed by atoms with Crippen LogP contribution in [0, 0.1) is 0 Å². The van der Waals surface area contributed by atoms with Gasteiger partial charge in [0, 0.05) is 37.4 Å². The molecule has 122 valence electrons. The molecule has 3 rings (SSSR count). The first-order valence-electron chi connectivity index (χ1n) is 7.32. The van der Waals surface area contributed by atoms with E-state index in [1.165, 1.54) is 6.92 Å². The van der Waals surface area contributed by atoms with Crippen LogP contribution in [0.1, 0.15) is 17.3 Å². The van der Waals surface area contributed by atoms with Crippen molar-refractivity contribution in [2.24, 2.45) is 0 Å². The van der Waals surface area contributed by atoms with E-state index in [0.717, 1.165) is 11.1 Å². The smallest absolute Gasteiger partial charge is 0.163 e. The van der Waals surface area contributed by atoms with Gasteiger partial charge >= 0.3 is 0 Å². The number of hydrogen-bond acceptors (Lipinski definition) is 4. The molecule has 3 aromatic rings. The molecule has 2 aromatic heterocycles. The van der Waals surface area contributed by atoms with E-state index in [4.69, 9.17) is 23.2 Å². The first-order chi connectivity index (χ1) is 11.4. The fraction of sp³-hybridized carbons (Fsp3) is 0.167. The summed E-state index contributed by atoms with van der Waals surface area (Å²) in [6, 6.07) is 7.25. The first-order valence-corrected chi connectivity index (χ1v) is 8.07. The molecule has 0 amide bonds. The van der Waals surface area contributed by atoms with Crippen molar-refractivity contribution in [3.05, 3.63) is 52.3 Å². The van der Waals surface area contributed by atoms with Gasteiger partial charge in [-0.1, -0.05) is 35.3 Å². The highest BCUT2D eigenvalue weighted by atomic mass is 35.5. The number of rotatable bonds is 3. The van der Waals surface area contributed by atoms with Gasteiger partial charge in [0.2, 0.25) is 0 Å². The van der Waals surface area contributed by atoms with Crippen LogP contribution in [0.2, 0.25) is 10.0 Å². The van der Waals surface area contributed by atoms with Gasteiger partial charge in [0.1, 0.15) is 0 Å². The molecular weight excluding hydrogens is 345 g/mol. The van der Waals surface area contributed by atoms with Crippen LogP contribution in [0.25, 0.3) is 22.2 Å². The van der Waals surface area contributed by atoms with Crippen molar-refractivity contribution in [2.45, 2.75) is 6.92 Å². The van der Waals surface area contributed by atoms with Gasteiger partial charge in [0.15, 0.2) is 5.78 Å². The maximum atomic E-state index is 11.9. The maximum Gasteiger partial charge on any atom is 0.163 e. The number of fused-ring (bicyclic) bond motifs is 1. The second-order valence-electron chi connectivity index (χ2n) is 5.63. The lowest BCUT2D eigenvalue weighted by atomic mass is 10.0. The number of anilines is 1. The van der Waals surface area contributed by atoms with Crippen molar-refractivity contribution in [3.63, 3.8) is 0 Å². The van der Waals surface area contributed by atoms with Gasteiger partial charge in [-0.2, -0.15) is 0 Å². The second kappa shape index (κ2) is 6.38. The summed E-state index contributed by atoms with van der Waals surface area (Å²) in [6.07, 6.45) is 3.27. The molecule has 6 heteroatoms. The quantitative estimate of drug-likeness (QED) is 0.625. The summed E-state index contributed by atoms with van der Waals surface area (Å²) in [4.78, 5) is 22.8. The van der Waals surface area contributed by atoms with Crippen LogP contribution in [0.4, 0.5) is 5.69 Å². The van der Waals surface area contributed by atoms with Crippen LogP contribution in [0.15, 0.2) is 36.7 Å². The Morgan fingerprint density at radius 1 is 1.12 bits per heavy atom. The van der Waals surface area contributed by atoms with Crippen LogP contribution in [-0.4, -0.2) is 29.8 Å². The minimum absolute atomic E-state index is 0.0350. The van der Waals surface area contributed by atoms with E-state index in [1.54, 1.807) is 18.5 Å². The van der Waals surface area contributed by atoms with Crippen molar-refractivity contribution < 1.29 is 4.79 Å². The zero-order chi connectivity index (χ0) is 17.4. The number of nitrogens with zero attached hydrogens (tertiary/aromatic N) is 3. The lowest BCUT2D eigenvalue weighted by molar-refractivity contribution is 0.101. The van der Waals surface area contributed by atoms with Gasteiger partial charge in [-0.05, 0) is 19.1 Å². The minimum Gasteiger partial charge on any atom is -0.376 e. The zero-order valence-corrected chi connectivity index (χ0v) is 15.0. The van der Waals surface area contributed by atoms with Crippen LogP contribution in [0.3, 0.4) is 0 Å². The van der Waals surface area contributed by atoms with E-state index in [-0.39, 0.29) is 5.78 Å². The van der Waals surface area contributed by atoms with Crippen LogP contribution in [0.5, 0.6) is 0 Å². The molecule has 0 spiro atoms. The average Bonchev–Trinajstić information content (AvgIpc) is 2.55. The van der Waals surface area contributed by atoms with Crippen molar-refractivity contribution in [1.82, 2.24) is 9.97 Å². The van der Waals surface area contributed by atoms with Crippen molar-refractivity contribution >= 4 is 45.6 Å². The predicted molar refractivity (Wildman–Crippen MR) is 99.3 cm³/mol. The number of carbonyl (C=O) groups is 1. The van der Waals surface area contributed by atoms with Gasteiger partial charge in [-0.25, -0.2) is 0 Å². The van der Waals surface area contributed by atoms with Crippen LogP contribution in [-0.2, 0) is 0 Å². The summed E-state index contributed by atoms with van der Waals surface area (Å²) in [6.45, 7) is 1.53. The Bertz CT molecular complexity index is 954. The Balaban J connectivity index is 2.39. The van der Waals surface area contributed by atoms with Crippen molar-refractivity contribution in [3.8, 4) is 11.3 Å². The second-order valence-corrected chi connectivity index (χ2v) is 6.41. The third kappa shape index (κ3) is 2.72. The Labute approximate surface area is 150 Å². The molecule has 0 fully saturated rings. The molecule has 0 unspecified atom stereocenters. The number of hydrogen-bond donors (Lipinski definition) is 0. The standard InChI is InChI=1S/C18H15Cl2N3O/c1-10(24)13-9-22-17-12(18(13)23(2)3)7-8-21-16(17)11-5-4-6-14(19)15(11)20/h4-9H,1-3H3. The summed E-state index contributed by atoms with van der Waals surface area (Å²) < 4.78 is 0. The number of aromatic nitrogens is 2. The Kier molecular flexibility index (Phi) is 4.43. The highest BCUT2D eigenvalue weighted by Gasteiger charge is 2.18. The van der Waals surface area contributed by atoms with Crippen molar-refractivity contribution in [1.29, 1.82) is 0 Å². The summed E-state index contributed by atoms with van der Waals surface area (Å²) in [5.74, 6) is -0.0350. The lowest BCUT2D eigenvalue weighted by Crippen LogP contribution is -2.14. The van der Waals surface area contributed by atoms with E-state index in [0.29, 0.717) is 32.4 Å². The van der Waals surface area contributed by atoms with Gasteiger partial charge in [0.25, 0.3) is 0 Å². The highest BCUT2D eigenvalue weighted by Crippen LogP contribution is 2.37.